The van der Waals surface area contributed by atoms with Gasteiger partial charge in [0.1, 0.15) is 0 Å². The minimum atomic E-state index is 0.135. The summed E-state index contributed by atoms with van der Waals surface area (Å²) in [5.74, 6) is 0.843. The summed E-state index contributed by atoms with van der Waals surface area (Å²) in [4.78, 5) is 2.31. The highest BCUT2D eigenvalue weighted by atomic mass is 15.2. The van der Waals surface area contributed by atoms with E-state index in [1.165, 1.54) is 12.8 Å². The molecule has 1 aliphatic heterocycles. The van der Waals surface area contributed by atoms with E-state index in [4.69, 9.17) is 5.41 Å². The van der Waals surface area contributed by atoms with Gasteiger partial charge in [-0.3, -0.25) is 5.41 Å². The maximum atomic E-state index is 8.04. The molecule has 0 aromatic carbocycles. The lowest BCUT2D eigenvalue weighted by atomic mass is 9.80. The number of hydrogen-bond acceptors (Lipinski definition) is 1. The zero-order valence-corrected chi connectivity index (χ0v) is 11.0. The van der Waals surface area contributed by atoms with Crippen LogP contribution in [0.25, 0.3) is 0 Å². The number of hydrogen-bond donors (Lipinski definition) is 1. The van der Waals surface area contributed by atoms with Gasteiger partial charge in [-0.05, 0) is 38.5 Å². The molecular formula is C13H26N2. The van der Waals surface area contributed by atoms with Crippen LogP contribution >= 0.6 is 0 Å². The molecule has 1 rings (SSSR count). The van der Waals surface area contributed by atoms with Gasteiger partial charge < -0.3 is 4.90 Å². The van der Waals surface area contributed by atoms with Gasteiger partial charge in [0, 0.05) is 18.5 Å². The fourth-order valence-electron chi connectivity index (χ4n) is 2.89. The van der Waals surface area contributed by atoms with Crippen molar-refractivity contribution in [2.45, 2.75) is 65.8 Å². The van der Waals surface area contributed by atoms with Gasteiger partial charge in [0.15, 0.2) is 0 Å². The second-order valence-electron chi connectivity index (χ2n) is 6.61. The lowest BCUT2D eigenvalue weighted by Gasteiger charge is -2.45. The second-order valence-corrected chi connectivity index (χ2v) is 6.61. The molecule has 15 heavy (non-hydrogen) atoms. The Hall–Kier alpha value is -0.530. The van der Waals surface area contributed by atoms with Crippen molar-refractivity contribution in [3.05, 3.63) is 0 Å². The highest BCUT2D eigenvalue weighted by Gasteiger charge is 2.33. The quantitative estimate of drug-likeness (QED) is 0.740. The number of rotatable bonds is 2. The summed E-state index contributed by atoms with van der Waals surface area (Å²) in [6.45, 7) is 12.5. The van der Waals surface area contributed by atoms with Crippen molar-refractivity contribution >= 4 is 5.84 Å². The van der Waals surface area contributed by atoms with E-state index in [9.17, 15) is 0 Å². The Morgan fingerprint density at radius 1 is 1.13 bits per heavy atom. The van der Waals surface area contributed by atoms with E-state index in [1.807, 2.05) is 0 Å². The lowest BCUT2D eigenvalue weighted by molar-refractivity contribution is 0.132. The third-order valence-corrected chi connectivity index (χ3v) is 3.06. The molecule has 1 saturated heterocycles. The van der Waals surface area contributed by atoms with Crippen LogP contribution in [0.2, 0.25) is 0 Å². The van der Waals surface area contributed by atoms with Crippen molar-refractivity contribution in [2.24, 2.45) is 5.41 Å². The summed E-state index contributed by atoms with van der Waals surface area (Å²) in [5.41, 5.74) is 0.469. The van der Waals surface area contributed by atoms with E-state index in [0.29, 0.717) is 5.41 Å². The van der Waals surface area contributed by atoms with Crippen LogP contribution in [-0.4, -0.2) is 22.8 Å². The molecule has 1 fully saturated rings. The Bertz CT molecular complexity index is 235. The van der Waals surface area contributed by atoms with Crippen molar-refractivity contribution in [1.82, 2.24) is 4.90 Å². The molecule has 1 aliphatic rings. The Labute approximate surface area is 94.6 Å². The van der Waals surface area contributed by atoms with Crippen LogP contribution in [0, 0.1) is 10.8 Å². The summed E-state index contributed by atoms with van der Waals surface area (Å²) in [7, 11) is 0. The standard InChI is InChI=1S/C13H26N2/c1-12(2,3)10-13(4,5)15-9-7-6-8-11(15)14/h14H,6-10H2,1-5H3. The van der Waals surface area contributed by atoms with E-state index >= 15 is 0 Å². The first-order valence-corrected chi connectivity index (χ1v) is 6.07. The minimum absolute atomic E-state index is 0.135. The molecule has 0 atom stereocenters. The van der Waals surface area contributed by atoms with Crippen LogP contribution < -0.4 is 0 Å². The van der Waals surface area contributed by atoms with Gasteiger partial charge in [0.2, 0.25) is 0 Å². The third-order valence-electron chi connectivity index (χ3n) is 3.06. The normalized spacial score (nSPS) is 19.5. The van der Waals surface area contributed by atoms with Crippen LogP contribution in [0.5, 0.6) is 0 Å². The van der Waals surface area contributed by atoms with Crippen LogP contribution in [0.15, 0.2) is 0 Å². The first-order chi connectivity index (χ1) is 6.72. The first kappa shape index (κ1) is 12.5. The van der Waals surface area contributed by atoms with Gasteiger partial charge in [-0.25, -0.2) is 0 Å². The summed E-state index contributed by atoms with van der Waals surface area (Å²) in [6.07, 6.45) is 4.55. The van der Waals surface area contributed by atoms with Gasteiger partial charge in [0.05, 0.1) is 5.84 Å². The summed E-state index contributed by atoms with van der Waals surface area (Å²) >= 11 is 0. The highest BCUT2D eigenvalue weighted by Crippen LogP contribution is 2.33. The number of nitrogens with zero attached hydrogens (tertiary/aromatic N) is 1. The van der Waals surface area contributed by atoms with Gasteiger partial charge in [-0.2, -0.15) is 0 Å². The van der Waals surface area contributed by atoms with Gasteiger partial charge in [-0.1, -0.05) is 20.8 Å². The van der Waals surface area contributed by atoms with Gasteiger partial charge >= 0.3 is 0 Å². The maximum Gasteiger partial charge on any atom is 0.0962 e. The maximum absolute atomic E-state index is 8.04. The van der Waals surface area contributed by atoms with E-state index in [0.717, 1.165) is 25.2 Å². The molecule has 2 heteroatoms. The third kappa shape index (κ3) is 3.51. The molecule has 0 aromatic rings. The number of amidine groups is 1. The predicted molar refractivity (Wildman–Crippen MR) is 66.4 cm³/mol. The molecule has 0 bridgehead atoms. The Balaban J connectivity index is 2.70. The zero-order chi connectivity index (χ0) is 11.7. The second kappa shape index (κ2) is 4.15. The van der Waals surface area contributed by atoms with Gasteiger partial charge in [0.25, 0.3) is 0 Å². The zero-order valence-electron chi connectivity index (χ0n) is 11.0. The number of nitrogens with one attached hydrogen (secondary N) is 1. The minimum Gasteiger partial charge on any atom is -0.355 e. The van der Waals surface area contributed by atoms with Crippen molar-refractivity contribution in [3.8, 4) is 0 Å². The van der Waals surface area contributed by atoms with Gasteiger partial charge in [-0.15, -0.1) is 0 Å². The van der Waals surface area contributed by atoms with Crippen LogP contribution in [0.4, 0.5) is 0 Å². The molecule has 0 amide bonds. The predicted octanol–water partition coefficient (Wildman–Crippen LogP) is 3.66. The molecule has 2 nitrogen and oxygen atoms in total. The summed E-state index contributed by atoms with van der Waals surface area (Å²) in [6, 6.07) is 0. The summed E-state index contributed by atoms with van der Waals surface area (Å²) in [5, 5.41) is 8.04. The number of likely N-dealkylation sites (tertiary alicyclic amines) is 1. The fourth-order valence-corrected chi connectivity index (χ4v) is 2.89. The smallest absolute Gasteiger partial charge is 0.0962 e. The lowest BCUT2D eigenvalue weighted by Crippen LogP contribution is -2.51. The highest BCUT2D eigenvalue weighted by molar-refractivity contribution is 5.80. The molecule has 0 saturated carbocycles. The largest absolute Gasteiger partial charge is 0.355 e. The molecule has 88 valence electrons. The van der Waals surface area contributed by atoms with E-state index in [2.05, 4.69) is 39.5 Å². The Kier molecular flexibility index (Phi) is 3.47. The molecular weight excluding hydrogens is 184 g/mol. The SMILES string of the molecule is CC(C)(C)CC(C)(C)N1CCCCC1=N. The molecule has 1 heterocycles. The Morgan fingerprint density at radius 3 is 2.20 bits per heavy atom. The molecule has 0 spiro atoms. The average molecular weight is 210 g/mol. The average Bonchev–Trinajstić information content (AvgIpc) is 1.99. The summed E-state index contributed by atoms with van der Waals surface area (Å²) < 4.78 is 0. The first-order valence-electron chi connectivity index (χ1n) is 6.07. The Morgan fingerprint density at radius 2 is 1.73 bits per heavy atom. The van der Waals surface area contributed by atoms with E-state index in [1.54, 1.807) is 0 Å². The molecule has 0 aromatic heterocycles. The van der Waals surface area contributed by atoms with Crippen LogP contribution in [0.1, 0.15) is 60.3 Å². The molecule has 0 radical (unpaired) electrons. The topological polar surface area (TPSA) is 27.1 Å². The van der Waals surface area contributed by atoms with Crippen molar-refractivity contribution in [2.75, 3.05) is 6.54 Å². The van der Waals surface area contributed by atoms with Crippen LogP contribution in [0.3, 0.4) is 0 Å². The monoisotopic (exact) mass is 210 g/mol. The van der Waals surface area contributed by atoms with Crippen molar-refractivity contribution < 1.29 is 0 Å². The van der Waals surface area contributed by atoms with Crippen molar-refractivity contribution in [3.63, 3.8) is 0 Å². The number of piperidine rings is 1. The molecule has 0 unspecified atom stereocenters. The van der Waals surface area contributed by atoms with Crippen molar-refractivity contribution in [1.29, 1.82) is 5.41 Å². The van der Waals surface area contributed by atoms with E-state index < -0.39 is 0 Å². The van der Waals surface area contributed by atoms with Crippen LogP contribution in [-0.2, 0) is 0 Å². The molecule has 0 aliphatic carbocycles. The molecule has 1 N–H and O–H groups in total. The fraction of sp³-hybridized carbons (Fsp3) is 0.923. The van der Waals surface area contributed by atoms with E-state index in [-0.39, 0.29) is 5.54 Å².